The molecule has 0 amide bonds. The lowest BCUT2D eigenvalue weighted by Gasteiger charge is -2.36. The first-order chi connectivity index (χ1) is 9.72. The highest BCUT2D eigenvalue weighted by atomic mass is 16.5. The molecule has 3 heteroatoms. The number of likely N-dealkylation sites (tertiary alicyclic amines) is 1. The average Bonchev–Trinajstić information content (AvgIpc) is 2.45. The fraction of sp³-hybridized carbons (Fsp3) is 0.941. The Balaban J connectivity index is 1.76. The molecule has 20 heavy (non-hydrogen) atoms. The maximum absolute atomic E-state index is 12.1. The van der Waals surface area contributed by atoms with E-state index in [2.05, 4.69) is 18.7 Å². The maximum Gasteiger partial charge on any atom is 0.137 e. The van der Waals surface area contributed by atoms with Crippen molar-refractivity contribution in [2.45, 2.75) is 64.9 Å². The lowest BCUT2D eigenvalue weighted by Crippen LogP contribution is -2.42. The second-order valence-corrected chi connectivity index (χ2v) is 6.55. The number of ketones is 1. The summed E-state index contributed by atoms with van der Waals surface area (Å²) in [6.45, 7) is 8.35. The first-order valence-electron chi connectivity index (χ1n) is 8.59. The summed E-state index contributed by atoms with van der Waals surface area (Å²) in [6.07, 6.45) is 8.37. The Kier molecular flexibility index (Phi) is 6.50. The van der Waals surface area contributed by atoms with Crippen molar-refractivity contribution in [2.24, 2.45) is 11.8 Å². The van der Waals surface area contributed by atoms with Gasteiger partial charge in [-0.25, -0.2) is 0 Å². The molecule has 0 N–H and O–H groups in total. The van der Waals surface area contributed by atoms with Gasteiger partial charge in [-0.1, -0.05) is 19.8 Å². The Bertz CT molecular complexity index is 297. The summed E-state index contributed by atoms with van der Waals surface area (Å²) in [5.41, 5.74) is 0. The number of piperidine rings is 1. The molecule has 0 aromatic rings. The van der Waals surface area contributed by atoms with Gasteiger partial charge >= 0.3 is 0 Å². The molecular formula is C17H31NO2. The average molecular weight is 281 g/mol. The van der Waals surface area contributed by atoms with Gasteiger partial charge in [0.25, 0.3) is 0 Å². The number of Topliss-reactive ketones (excluding diaryl/α,β-unsaturated/α-hetero) is 1. The van der Waals surface area contributed by atoms with E-state index >= 15 is 0 Å². The molecule has 0 aromatic heterocycles. The van der Waals surface area contributed by atoms with Crippen molar-refractivity contribution in [3.8, 4) is 0 Å². The molecule has 1 aliphatic carbocycles. The van der Waals surface area contributed by atoms with E-state index in [1.165, 1.54) is 12.8 Å². The van der Waals surface area contributed by atoms with E-state index in [1.54, 1.807) is 0 Å². The third-order valence-electron chi connectivity index (χ3n) is 4.98. The largest absolute Gasteiger partial charge is 0.378 e. The van der Waals surface area contributed by atoms with Crippen molar-refractivity contribution < 1.29 is 9.53 Å². The first-order valence-corrected chi connectivity index (χ1v) is 8.59. The van der Waals surface area contributed by atoms with Gasteiger partial charge in [-0.05, 0) is 38.5 Å². The molecule has 1 aliphatic heterocycles. The Morgan fingerprint density at radius 3 is 2.60 bits per heavy atom. The van der Waals surface area contributed by atoms with Crippen LogP contribution in [0.4, 0.5) is 0 Å². The van der Waals surface area contributed by atoms with Crippen LogP contribution in [-0.2, 0) is 9.53 Å². The van der Waals surface area contributed by atoms with Crippen LogP contribution < -0.4 is 0 Å². The van der Waals surface area contributed by atoms with Crippen molar-refractivity contribution in [1.29, 1.82) is 0 Å². The van der Waals surface area contributed by atoms with Crippen molar-refractivity contribution in [2.75, 3.05) is 26.2 Å². The highest BCUT2D eigenvalue weighted by Gasteiger charge is 2.30. The Hall–Kier alpha value is -0.410. The number of ether oxygens (including phenoxy) is 1. The minimum atomic E-state index is 0.309. The molecule has 1 heterocycles. The zero-order valence-electron chi connectivity index (χ0n) is 13.3. The number of carbonyl (C=O) groups is 1. The van der Waals surface area contributed by atoms with Crippen LogP contribution in [0.2, 0.25) is 0 Å². The summed E-state index contributed by atoms with van der Waals surface area (Å²) in [5.74, 6) is 1.62. The van der Waals surface area contributed by atoms with Crippen molar-refractivity contribution >= 4 is 5.78 Å². The number of rotatable bonds is 6. The van der Waals surface area contributed by atoms with Crippen LogP contribution in [0.5, 0.6) is 0 Å². The van der Waals surface area contributed by atoms with Crippen LogP contribution in [0.15, 0.2) is 0 Å². The molecule has 1 saturated carbocycles. The molecule has 1 saturated heterocycles. The van der Waals surface area contributed by atoms with Gasteiger partial charge in [0, 0.05) is 38.6 Å². The predicted molar refractivity (Wildman–Crippen MR) is 81.8 cm³/mol. The topological polar surface area (TPSA) is 29.5 Å². The van der Waals surface area contributed by atoms with Gasteiger partial charge in [-0.3, -0.25) is 4.79 Å². The summed E-state index contributed by atoms with van der Waals surface area (Å²) >= 11 is 0. The molecule has 3 nitrogen and oxygen atoms in total. The maximum atomic E-state index is 12.1. The van der Waals surface area contributed by atoms with E-state index in [0.717, 1.165) is 64.3 Å². The van der Waals surface area contributed by atoms with Crippen LogP contribution in [0.3, 0.4) is 0 Å². The summed E-state index contributed by atoms with van der Waals surface area (Å²) in [5, 5.41) is 0. The predicted octanol–water partition coefficient (Wildman–Crippen LogP) is 3.27. The van der Waals surface area contributed by atoms with Crippen LogP contribution in [-0.4, -0.2) is 43.0 Å². The third kappa shape index (κ3) is 4.56. The summed E-state index contributed by atoms with van der Waals surface area (Å²) < 4.78 is 5.70. The van der Waals surface area contributed by atoms with Crippen LogP contribution in [0, 0.1) is 11.8 Å². The van der Waals surface area contributed by atoms with Gasteiger partial charge < -0.3 is 9.64 Å². The molecule has 2 unspecified atom stereocenters. The summed E-state index contributed by atoms with van der Waals surface area (Å²) in [7, 11) is 0. The Morgan fingerprint density at radius 2 is 1.95 bits per heavy atom. The SMILES string of the molecule is CCCC1CCC(=O)C(CN2CCC(OCC)CC2)C1. The third-order valence-corrected chi connectivity index (χ3v) is 4.98. The molecule has 2 aliphatic rings. The Labute approximate surface area is 124 Å². The second-order valence-electron chi connectivity index (χ2n) is 6.55. The van der Waals surface area contributed by atoms with Crippen LogP contribution >= 0.6 is 0 Å². The van der Waals surface area contributed by atoms with Gasteiger partial charge in [0.05, 0.1) is 6.10 Å². The van der Waals surface area contributed by atoms with Crippen molar-refractivity contribution in [1.82, 2.24) is 4.90 Å². The van der Waals surface area contributed by atoms with E-state index in [0.29, 0.717) is 17.8 Å². The molecular weight excluding hydrogens is 250 g/mol. The molecule has 116 valence electrons. The van der Waals surface area contributed by atoms with E-state index < -0.39 is 0 Å². The standard InChI is InChI=1S/C17H31NO2/c1-3-5-14-6-7-17(19)15(12-14)13-18-10-8-16(9-11-18)20-4-2/h14-16H,3-13H2,1-2H3. The van der Waals surface area contributed by atoms with Gasteiger partial charge in [0.15, 0.2) is 0 Å². The van der Waals surface area contributed by atoms with Gasteiger partial charge in [-0.2, -0.15) is 0 Å². The molecule has 2 fully saturated rings. The van der Waals surface area contributed by atoms with E-state index in [4.69, 9.17) is 4.74 Å². The van der Waals surface area contributed by atoms with Crippen LogP contribution in [0.1, 0.15) is 58.8 Å². The fourth-order valence-corrected chi connectivity index (χ4v) is 3.85. The van der Waals surface area contributed by atoms with Gasteiger partial charge in [0.1, 0.15) is 5.78 Å². The quantitative estimate of drug-likeness (QED) is 0.748. The molecule has 0 aromatic carbocycles. The van der Waals surface area contributed by atoms with Crippen molar-refractivity contribution in [3.05, 3.63) is 0 Å². The monoisotopic (exact) mass is 281 g/mol. The smallest absolute Gasteiger partial charge is 0.137 e. The normalized spacial score (nSPS) is 29.8. The fourth-order valence-electron chi connectivity index (χ4n) is 3.85. The Morgan fingerprint density at radius 1 is 1.20 bits per heavy atom. The van der Waals surface area contributed by atoms with E-state index in [1.807, 2.05) is 0 Å². The van der Waals surface area contributed by atoms with E-state index in [9.17, 15) is 4.79 Å². The minimum Gasteiger partial charge on any atom is -0.378 e. The van der Waals surface area contributed by atoms with Gasteiger partial charge in [-0.15, -0.1) is 0 Å². The van der Waals surface area contributed by atoms with Crippen molar-refractivity contribution in [3.63, 3.8) is 0 Å². The first kappa shape index (κ1) is 16.0. The second kappa shape index (κ2) is 8.14. The highest BCUT2D eigenvalue weighted by Crippen LogP contribution is 2.30. The zero-order valence-corrected chi connectivity index (χ0v) is 13.3. The summed E-state index contributed by atoms with van der Waals surface area (Å²) in [6, 6.07) is 0. The molecule has 0 radical (unpaired) electrons. The van der Waals surface area contributed by atoms with Gasteiger partial charge in [0.2, 0.25) is 0 Å². The zero-order chi connectivity index (χ0) is 14.4. The number of hydrogen-bond donors (Lipinski definition) is 0. The number of carbonyl (C=O) groups excluding carboxylic acids is 1. The molecule has 2 atom stereocenters. The molecule has 2 rings (SSSR count). The lowest BCUT2D eigenvalue weighted by molar-refractivity contribution is -0.126. The molecule has 0 bridgehead atoms. The number of hydrogen-bond acceptors (Lipinski definition) is 3. The minimum absolute atomic E-state index is 0.309. The van der Waals surface area contributed by atoms with E-state index in [-0.39, 0.29) is 0 Å². The lowest BCUT2D eigenvalue weighted by atomic mass is 9.78. The summed E-state index contributed by atoms with van der Waals surface area (Å²) in [4.78, 5) is 14.6. The van der Waals surface area contributed by atoms with Crippen LogP contribution in [0.25, 0.3) is 0 Å². The highest BCUT2D eigenvalue weighted by molar-refractivity contribution is 5.81. The molecule has 0 spiro atoms. The number of nitrogens with zero attached hydrogens (tertiary/aromatic N) is 1.